The SMILES string of the molecule is c1ccc(-c2cc3ccccc3c3c2Cc2cc[cH-]c2Cc2c(-c4ccccc4)cc4ccccc4c2-3)cc1. The Bertz CT molecular complexity index is 1840. The van der Waals surface area contributed by atoms with Crippen molar-refractivity contribution in [1.29, 1.82) is 0 Å². The molecule has 0 saturated heterocycles. The molecular weight excluding hydrogens is 468 g/mol. The third-order valence-electron chi connectivity index (χ3n) is 8.48. The van der Waals surface area contributed by atoms with Gasteiger partial charge in [0.2, 0.25) is 0 Å². The molecule has 39 heavy (non-hydrogen) atoms. The van der Waals surface area contributed by atoms with Gasteiger partial charge in [0, 0.05) is 0 Å². The topological polar surface area (TPSA) is 0 Å². The van der Waals surface area contributed by atoms with Crippen LogP contribution in [0.1, 0.15) is 22.3 Å². The second kappa shape index (κ2) is 8.89. The van der Waals surface area contributed by atoms with Gasteiger partial charge >= 0.3 is 0 Å². The standard InChI is InChI=1S/C39H27/c1-3-12-26(13-4-1)34-24-30-16-7-9-20-32(30)38-36(34)22-28-18-11-19-29(28)23-37-35(27-14-5-2-6-15-27)25-31-17-8-10-21-33(31)39(37)38/h1-21,24-25H,22-23H2/q-1. The molecule has 0 amide bonds. The number of hydrogen-bond acceptors (Lipinski definition) is 0. The van der Waals surface area contributed by atoms with Gasteiger partial charge in [0.25, 0.3) is 0 Å². The van der Waals surface area contributed by atoms with Crippen LogP contribution in [0.25, 0.3) is 54.9 Å². The zero-order chi connectivity index (χ0) is 25.8. The molecule has 0 bridgehead atoms. The van der Waals surface area contributed by atoms with Crippen LogP contribution in [-0.2, 0) is 12.8 Å². The van der Waals surface area contributed by atoms with Crippen LogP contribution in [0, 0.1) is 0 Å². The molecule has 1 aliphatic rings. The van der Waals surface area contributed by atoms with Crippen LogP contribution in [0.2, 0.25) is 0 Å². The zero-order valence-electron chi connectivity index (χ0n) is 21.7. The maximum Gasteiger partial charge on any atom is -0.00556 e. The van der Waals surface area contributed by atoms with Gasteiger partial charge in [0.15, 0.2) is 0 Å². The Labute approximate surface area is 229 Å². The molecule has 7 aromatic rings. The van der Waals surface area contributed by atoms with Gasteiger partial charge in [-0.05, 0) is 84.6 Å². The molecule has 0 saturated carbocycles. The molecule has 0 aliphatic heterocycles. The van der Waals surface area contributed by atoms with Gasteiger partial charge in [0.05, 0.1) is 0 Å². The molecular formula is C39H27-. The van der Waals surface area contributed by atoms with Crippen molar-refractivity contribution in [1.82, 2.24) is 0 Å². The highest BCUT2D eigenvalue weighted by molar-refractivity contribution is 6.12. The van der Waals surface area contributed by atoms with Crippen LogP contribution in [-0.4, -0.2) is 0 Å². The van der Waals surface area contributed by atoms with Gasteiger partial charge in [-0.2, -0.15) is 23.3 Å². The fourth-order valence-electron chi connectivity index (χ4n) is 6.69. The lowest BCUT2D eigenvalue weighted by Crippen LogP contribution is -2.07. The first-order valence-corrected chi connectivity index (χ1v) is 13.8. The van der Waals surface area contributed by atoms with E-state index in [2.05, 4.69) is 140 Å². The quantitative estimate of drug-likeness (QED) is 0.209. The highest BCUT2D eigenvalue weighted by Gasteiger charge is 2.24. The third-order valence-corrected chi connectivity index (χ3v) is 8.48. The Morgan fingerprint density at radius 2 is 0.949 bits per heavy atom. The second-order valence-electron chi connectivity index (χ2n) is 10.7. The Hall–Kier alpha value is -4.81. The van der Waals surface area contributed by atoms with E-state index in [1.165, 1.54) is 77.2 Å². The lowest BCUT2D eigenvalue weighted by Gasteiger charge is -2.29. The zero-order valence-corrected chi connectivity index (χ0v) is 21.7. The molecule has 184 valence electrons. The second-order valence-corrected chi connectivity index (χ2v) is 10.7. The first-order valence-electron chi connectivity index (χ1n) is 13.8. The van der Waals surface area contributed by atoms with Crippen LogP contribution in [0.5, 0.6) is 0 Å². The number of rotatable bonds is 2. The molecule has 7 aromatic carbocycles. The molecule has 0 aromatic heterocycles. The fourth-order valence-corrected chi connectivity index (χ4v) is 6.69. The lowest BCUT2D eigenvalue weighted by atomic mass is 9.76. The fraction of sp³-hybridized carbons (Fsp3) is 0.0513. The van der Waals surface area contributed by atoms with E-state index in [-0.39, 0.29) is 0 Å². The predicted octanol–water partition coefficient (Wildman–Crippen LogP) is 10.2. The van der Waals surface area contributed by atoms with Gasteiger partial charge in [-0.15, -0.1) is 0 Å². The van der Waals surface area contributed by atoms with Crippen molar-refractivity contribution >= 4 is 21.5 Å². The van der Waals surface area contributed by atoms with Crippen LogP contribution in [0.15, 0.2) is 140 Å². The van der Waals surface area contributed by atoms with E-state index in [1.807, 2.05) is 0 Å². The van der Waals surface area contributed by atoms with Crippen molar-refractivity contribution < 1.29 is 0 Å². The largest absolute Gasteiger partial charge is 0.210 e. The van der Waals surface area contributed by atoms with Crippen molar-refractivity contribution in [3.8, 4) is 33.4 Å². The maximum absolute atomic E-state index is 2.41. The minimum atomic E-state index is 0.927. The van der Waals surface area contributed by atoms with Crippen molar-refractivity contribution in [2.75, 3.05) is 0 Å². The summed E-state index contributed by atoms with van der Waals surface area (Å²) in [6.07, 6.45) is 1.85. The first kappa shape index (κ1) is 22.2. The third kappa shape index (κ3) is 3.56. The summed E-state index contributed by atoms with van der Waals surface area (Å²) >= 11 is 0. The van der Waals surface area contributed by atoms with Gasteiger partial charge in [0.1, 0.15) is 0 Å². The minimum absolute atomic E-state index is 0.927. The van der Waals surface area contributed by atoms with E-state index in [9.17, 15) is 0 Å². The Morgan fingerprint density at radius 3 is 1.51 bits per heavy atom. The van der Waals surface area contributed by atoms with Crippen molar-refractivity contribution in [2.24, 2.45) is 0 Å². The summed E-state index contributed by atoms with van der Waals surface area (Å²) in [5.74, 6) is 0. The summed E-state index contributed by atoms with van der Waals surface area (Å²) < 4.78 is 0. The smallest absolute Gasteiger partial charge is 0.00556 e. The summed E-state index contributed by atoms with van der Waals surface area (Å²) in [6, 6.07) is 51.5. The van der Waals surface area contributed by atoms with Crippen molar-refractivity contribution in [3.63, 3.8) is 0 Å². The molecule has 0 heteroatoms. The van der Waals surface area contributed by atoms with E-state index in [1.54, 1.807) is 0 Å². The minimum Gasteiger partial charge on any atom is -0.210 e. The average molecular weight is 496 g/mol. The van der Waals surface area contributed by atoms with E-state index in [0.717, 1.165) is 12.8 Å². The predicted molar refractivity (Wildman–Crippen MR) is 165 cm³/mol. The first-order chi connectivity index (χ1) is 19.3. The number of benzene rings is 6. The molecule has 0 heterocycles. The summed E-state index contributed by atoms with van der Waals surface area (Å²) in [7, 11) is 0. The summed E-state index contributed by atoms with van der Waals surface area (Å²) in [5.41, 5.74) is 13.7. The monoisotopic (exact) mass is 495 g/mol. The van der Waals surface area contributed by atoms with E-state index in [0.29, 0.717) is 0 Å². The van der Waals surface area contributed by atoms with Crippen LogP contribution < -0.4 is 0 Å². The van der Waals surface area contributed by atoms with Crippen LogP contribution in [0.3, 0.4) is 0 Å². The summed E-state index contributed by atoms with van der Waals surface area (Å²) in [5, 5.41) is 5.25. The van der Waals surface area contributed by atoms with Gasteiger partial charge in [-0.1, -0.05) is 116 Å². The molecule has 0 radical (unpaired) electrons. The normalized spacial score (nSPS) is 12.4. The van der Waals surface area contributed by atoms with Crippen LogP contribution >= 0.6 is 0 Å². The molecule has 0 fully saturated rings. The van der Waals surface area contributed by atoms with Crippen LogP contribution in [0.4, 0.5) is 0 Å². The maximum atomic E-state index is 2.41. The number of fused-ring (bicyclic) bond motifs is 8. The average Bonchev–Trinajstić information content (AvgIpc) is 3.42. The highest BCUT2D eigenvalue weighted by atomic mass is 14.3. The summed E-state index contributed by atoms with van der Waals surface area (Å²) in [6.45, 7) is 0. The van der Waals surface area contributed by atoms with Gasteiger partial charge in [-0.25, -0.2) is 6.07 Å². The van der Waals surface area contributed by atoms with E-state index in [4.69, 9.17) is 0 Å². The highest BCUT2D eigenvalue weighted by Crippen LogP contribution is 2.48. The molecule has 0 unspecified atom stereocenters. The molecule has 0 N–H and O–H groups in total. The molecule has 0 atom stereocenters. The molecule has 1 aliphatic carbocycles. The van der Waals surface area contributed by atoms with E-state index >= 15 is 0 Å². The Kier molecular flexibility index (Phi) is 5.06. The molecule has 0 nitrogen and oxygen atoms in total. The Balaban J connectivity index is 1.61. The number of hydrogen-bond donors (Lipinski definition) is 0. The van der Waals surface area contributed by atoms with Crippen molar-refractivity contribution in [3.05, 3.63) is 162 Å². The summed E-state index contributed by atoms with van der Waals surface area (Å²) in [4.78, 5) is 0. The van der Waals surface area contributed by atoms with E-state index < -0.39 is 0 Å². The lowest BCUT2D eigenvalue weighted by molar-refractivity contribution is 1.10. The Morgan fingerprint density at radius 1 is 0.462 bits per heavy atom. The van der Waals surface area contributed by atoms with Gasteiger partial charge in [-0.3, -0.25) is 0 Å². The molecule has 8 rings (SSSR count). The molecule has 0 spiro atoms. The van der Waals surface area contributed by atoms with Crippen molar-refractivity contribution in [2.45, 2.75) is 12.8 Å². The van der Waals surface area contributed by atoms with Gasteiger partial charge < -0.3 is 0 Å².